The number of hydrogen-bond acceptors (Lipinski definition) is 4. The molecule has 3 rings (SSSR count). The number of benzene rings is 1. The van der Waals surface area contributed by atoms with E-state index in [-0.39, 0.29) is 6.03 Å². The number of likely N-dealkylation sites (N-methyl/N-ethyl adjacent to an activating group) is 1. The number of methoxy groups -OCH3 is 1. The summed E-state index contributed by atoms with van der Waals surface area (Å²) in [5, 5.41) is 3.15. The Labute approximate surface area is 163 Å². The van der Waals surface area contributed by atoms with E-state index in [1.807, 2.05) is 29.2 Å². The third-order valence-corrected chi connectivity index (χ3v) is 5.76. The van der Waals surface area contributed by atoms with Crippen LogP contribution in [0.2, 0.25) is 0 Å². The molecule has 2 amide bonds. The molecule has 6 nitrogen and oxygen atoms in total. The summed E-state index contributed by atoms with van der Waals surface area (Å²) < 4.78 is 5.21. The van der Waals surface area contributed by atoms with Crippen molar-refractivity contribution in [3.8, 4) is 5.75 Å². The fourth-order valence-electron chi connectivity index (χ4n) is 3.62. The highest BCUT2D eigenvalue weighted by molar-refractivity contribution is 5.74. The van der Waals surface area contributed by atoms with Crippen molar-refractivity contribution in [2.75, 3.05) is 46.9 Å². The molecule has 1 saturated heterocycles. The van der Waals surface area contributed by atoms with Crippen molar-refractivity contribution in [3.63, 3.8) is 0 Å². The lowest BCUT2D eigenvalue weighted by Crippen LogP contribution is -2.49. The molecule has 0 aromatic heterocycles. The molecule has 1 aliphatic heterocycles. The number of piperazine rings is 1. The summed E-state index contributed by atoms with van der Waals surface area (Å²) in [4.78, 5) is 19.6. The van der Waals surface area contributed by atoms with E-state index >= 15 is 0 Å². The van der Waals surface area contributed by atoms with Gasteiger partial charge in [-0.05, 0) is 50.9 Å². The zero-order valence-electron chi connectivity index (χ0n) is 17.0. The summed E-state index contributed by atoms with van der Waals surface area (Å²) in [5.41, 5.74) is 1.14. The van der Waals surface area contributed by atoms with Gasteiger partial charge in [0.05, 0.1) is 7.11 Å². The van der Waals surface area contributed by atoms with E-state index in [2.05, 4.69) is 29.1 Å². The largest absolute Gasteiger partial charge is 0.497 e. The van der Waals surface area contributed by atoms with Crippen molar-refractivity contribution in [2.45, 2.75) is 44.8 Å². The lowest BCUT2D eigenvalue weighted by atomic mass is 10.1. The fourth-order valence-corrected chi connectivity index (χ4v) is 3.62. The number of nitrogens with one attached hydrogen (secondary N) is 1. The molecule has 1 N–H and O–H groups in total. The van der Waals surface area contributed by atoms with Gasteiger partial charge in [0.15, 0.2) is 0 Å². The van der Waals surface area contributed by atoms with Crippen LogP contribution in [0, 0.1) is 0 Å². The normalized spacial score (nSPS) is 19.5. The van der Waals surface area contributed by atoms with E-state index in [1.54, 1.807) is 7.11 Å². The number of ether oxygens (including phenoxy) is 1. The summed E-state index contributed by atoms with van der Waals surface area (Å²) in [6.45, 7) is 8.18. The van der Waals surface area contributed by atoms with Gasteiger partial charge in [-0.2, -0.15) is 0 Å². The predicted molar refractivity (Wildman–Crippen MR) is 108 cm³/mol. The third-order valence-electron chi connectivity index (χ3n) is 5.76. The summed E-state index contributed by atoms with van der Waals surface area (Å²) in [5.74, 6) is 0.846. The minimum absolute atomic E-state index is 0.0684. The maximum absolute atomic E-state index is 12.7. The minimum atomic E-state index is 0.0684. The molecule has 0 bridgehead atoms. The van der Waals surface area contributed by atoms with Gasteiger partial charge in [0, 0.05) is 51.4 Å². The molecular weight excluding hydrogens is 340 g/mol. The van der Waals surface area contributed by atoms with Gasteiger partial charge in [0.25, 0.3) is 0 Å². The molecule has 150 valence electrons. The monoisotopic (exact) mass is 374 g/mol. The van der Waals surface area contributed by atoms with Crippen molar-refractivity contribution >= 4 is 6.03 Å². The second-order valence-corrected chi connectivity index (χ2v) is 7.92. The molecule has 1 aromatic rings. The van der Waals surface area contributed by atoms with Crippen LogP contribution >= 0.6 is 0 Å². The SMILES string of the molecule is COc1ccc(CN(C(=O)NCC[C@@H](C)N2CCN(C)CC2)C2CC2)cc1. The maximum Gasteiger partial charge on any atom is 0.317 e. The molecule has 0 unspecified atom stereocenters. The lowest BCUT2D eigenvalue weighted by Gasteiger charge is -2.36. The van der Waals surface area contributed by atoms with Gasteiger partial charge in [0.2, 0.25) is 0 Å². The van der Waals surface area contributed by atoms with Gasteiger partial charge in [-0.25, -0.2) is 4.79 Å². The first-order chi connectivity index (χ1) is 13.1. The van der Waals surface area contributed by atoms with Crippen LogP contribution in [0.15, 0.2) is 24.3 Å². The van der Waals surface area contributed by atoms with Crippen LogP contribution in [-0.4, -0.2) is 79.7 Å². The smallest absolute Gasteiger partial charge is 0.317 e. The zero-order chi connectivity index (χ0) is 19.2. The molecule has 0 radical (unpaired) electrons. The Hall–Kier alpha value is -1.79. The number of rotatable bonds is 8. The second-order valence-electron chi connectivity index (χ2n) is 7.92. The van der Waals surface area contributed by atoms with Crippen LogP contribution in [0.25, 0.3) is 0 Å². The topological polar surface area (TPSA) is 48.1 Å². The molecule has 1 atom stereocenters. The van der Waals surface area contributed by atoms with Crippen molar-refractivity contribution in [2.24, 2.45) is 0 Å². The minimum Gasteiger partial charge on any atom is -0.497 e. The molecule has 1 saturated carbocycles. The highest BCUT2D eigenvalue weighted by Crippen LogP contribution is 2.28. The van der Waals surface area contributed by atoms with Gasteiger partial charge in [-0.15, -0.1) is 0 Å². The molecule has 6 heteroatoms. The van der Waals surface area contributed by atoms with Gasteiger partial charge in [-0.1, -0.05) is 12.1 Å². The van der Waals surface area contributed by atoms with Gasteiger partial charge in [-0.3, -0.25) is 4.90 Å². The summed E-state index contributed by atoms with van der Waals surface area (Å²) in [6.07, 6.45) is 3.22. The first-order valence-electron chi connectivity index (χ1n) is 10.2. The standard InChI is InChI=1S/C21H34N4O2/c1-17(24-14-12-23(2)13-15-24)10-11-22-21(26)25(19-6-7-19)16-18-4-8-20(27-3)9-5-18/h4-5,8-9,17,19H,6-7,10-16H2,1-3H3,(H,22,26)/t17-/m1/s1. The lowest BCUT2D eigenvalue weighted by molar-refractivity contribution is 0.114. The molecule has 0 spiro atoms. The van der Waals surface area contributed by atoms with Crippen LogP contribution in [0.3, 0.4) is 0 Å². The van der Waals surface area contributed by atoms with Crippen LogP contribution in [-0.2, 0) is 6.54 Å². The molecule has 2 aliphatic rings. The molecular formula is C21H34N4O2. The van der Waals surface area contributed by atoms with E-state index in [1.165, 1.54) is 0 Å². The summed E-state index contributed by atoms with van der Waals surface area (Å²) in [6, 6.07) is 8.95. The molecule has 1 aromatic carbocycles. The van der Waals surface area contributed by atoms with Gasteiger partial charge >= 0.3 is 6.03 Å². The highest BCUT2D eigenvalue weighted by atomic mass is 16.5. The highest BCUT2D eigenvalue weighted by Gasteiger charge is 2.32. The van der Waals surface area contributed by atoms with Crippen LogP contribution in [0.1, 0.15) is 31.7 Å². The van der Waals surface area contributed by atoms with Crippen LogP contribution < -0.4 is 10.1 Å². The van der Waals surface area contributed by atoms with Crippen molar-refractivity contribution in [1.82, 2.24) is 20.0 Å². The summed E-state index contributed by atoms with van der Waals surface area (Å²) in [7, 11) is 3.85. The molecule has 1 heterocycles. The Balaban J connectivity index is 1.44. The van der Waals surface area contributed by atoms with E-state index in [9.17, 15) is 4.79 Å². The quantitative estimate of drug-likeness (QED) is 0.759. The number of hydrogen-bond donors (Lipinski definition) is 1. The Morgan fingerprint density at radius 3 is 2.48 bits per heavy atom. The van der Waals surface area contributed by atoms with E-state index < -0.39 is 0 Å². The number of carbonyl (C=O) groups excluding carboxylic acids is 1. The predicted octanol–water partition coefficient (Wildman–Crippen LogP) is 2.40. The molecule has 27 heavy (non-hydrogen) atoms. The fraction of sp³-hybridized carbons (Fsp3) is 0.667. The van der Waals surface area contributed by atoms with E-state index in [0.29, 0.717) is 18.6 Å². The van der Waals surface area contributed by atoms with Crippen molar-refractivity contribution in [1.29, 1.82) is 0 Å². The van der Waals surface area contributed by atoms with Crippen LogP contribution in [0.4, 0.5) is 4.79 Å². The summed E-state index contributed by atoms with van der Waals surface area (Å²) >= 11 is 0. The first-order valence-corrected chi connectivity index (χ1v) is 10.2. The van der Waals surface area contributed by atoms with Crippen molar-refractivity contribution < 1.29 is 9.53 Å². The molecule has 1 aliphatic carbocycles. The first kappa shape index (κ1) is 20.0. The Kier molecular flexibility index (Phi) is 6.96. The number of amides is 2. The zero-order valence-corrected chi connectivity index (χ0v) is 17.0. The number of nitrogens with zero attached hydrogens (tertiary/aromatic N) is 3. The van der Waals surface area contributed by atoms with Crippen molar-refractivity contribution in [3.05, 3.63) is 29.8 Å². The second kappa shape index (κ2) is 9.42. The number of urea groups is 1. The average molecular weight is 375 g/mol. The average Bonchev–Trinajstić information content (AvgIpc) is 3.52. The maximum atomic E-state index is 12.7. The Bertz CT molecular complexity index is 595. The number of carbonyl (C=O) groups is 1. The van der Waals surface area contributed by atoms with Crippen LogP contribution in [0.5, 0.6) is 5.75 Å². The Morgan fingerprint density at radius 1 is 1.22 bits per heavy atom. The Morgan fingerprint density at radius 2 is 1.89 bits per heavy atom. The van der Waals surface area contributed by atoms with Gasteiger partial charge in [0.1, 0.15) is 5.75 Å². The molecule has 2 fully saturated rings. The van der Waals surface area contributed by atoms with Gasteiger partial charge < -0.3 is 19.9 Å². The third kappa shape index (κ3) is 5.84. The van der Waals surface area contributed by atoms with E-state index in [4.69, 9.17) is 4.74 Å². The van der Waals surface area contributed by atoms with E-state index in [0.717, 1.165) is 63.3 Å².